The summed E-state index contributed by atoms with van der Waals surface area (Å²) in [5.41, 5.74) is 4.72. The highest BCUT2D eigenvalue weighted by Gasteiger charge is 2.24. The Morgan fingerprint density at radius 3 is 2.52 bits per heavy atom. The average molecular weight is 616 g/mol. The van der Waals surface area contributed by atoms with E-state index in [9.17, 15) is 14.4 Å². The minimum Gasteiger partial charge on any atom is -0.335 e. The van der Waals surface area contributed by atoms with Gasteiger partial charge in [0.1, 0.15) is 11.6 Å². The number of hydrogen-bond acceptors (Lipinski definition) is 7. The van der Waals surface area contributed by atoms with E-state index in [0.29, 0.717) is 30.8 Å². The number of hydrogen-bond donors (Lipinski definition) is 3. The van der Waals surface area contributed by atoms with Crippen LogP contribution in [-0.2, 0) is 17.8 Å². The molecule has 0 bridgehead atoms. The quantitative estimate of drug-likeness (QED) is 0.249. The van der Waals surface area contributed by atoms with Crippen molar-refractivity contribution in [2.45, 2.75) is 38.8 Å². The van der Waals surface area contributed by atoms with Crippen molar-refractivity contribution in [3.63, 3.8) is 0 Å². The third-order valence-corrected chi connectivity index (χ3v) is 8.95. The van der Waals surface area contributed by atoms with Gasteiger partial charge in [0.05, 0.1) is 27.3 Å². The predicted octanol–water partition coefficient (Wildman–Crippen LogP) is 4.79. The maximum Gasteiger partial charge on any atom is 0.319 e. The lowest BCUT2D eigenvalue weighted by Crippen LogP contribution is -2.52. The van der Waals surface area contributed by atoms with Gasteiger partial charge in [-0.3, -0.25) is 19.7 Å². The molecule has 2 aliphatic rings. The van der Waals surface area contributed by atoms with Crippen molar-refractivity contribution in [3.8, 4) is 10.6 Å². The number of anilines is 1. The zero-order valence-electron chi connectivity index (χ0n) is 24.4. The van der Waals surface area contributed by atoms with Crippen LogP contribution < -0.4 is 16.0 Å². The molecule has 228 valence electrons. The van der Waals surface area contributed by atoms with Gasteiger partial charge in [0.2, 0.25) is 0 Å². The topological polar surface area (TPSA) is 120 Å². The lowest BCUT2D eigenvalue weighted by molar-refractivity contribution is -0.116. The van der Waals surface area contributed by atoms with E-state index < -0.39 is 0 Å². The molecule has 3 N–H and O–H groups in total. The highest BCUT2D eigenvalue weighted by atomic mass is 32.1. The van der Waals surface area contributed by atoms with Crippen LogP contribution in [0.15, 0.2) is 54.9 Å². The minimum atomic E-state index is -0.370. The SMILES string of the molecule is CC(=O)CNC(=O)N1CCN(Cc2ccc(-c3cc4nccc(Cc5ccc(NC(=O)NC6CC6)cc5F)c4s3)nc2)CC1. The van der Waals surface area contributed by atoms with Gasteiger partial charge in [-0.1, -0.05) is 12.1 Å². The Kier molecular flexibility index (Phi) is 8.80. The molecule has 0 spiro atoms. The van der Waals surface area contributed by atoms with Gasteiger partial charge in [-0.05, 0) is 66.8 Å². The zero-order valence-corrected chi connectivity index (χ0v) is 25.3. The van der Waals surface area contributed by atoms with Crippen molar-refractivity contribution in [1.29, 1.82) is 0 Å². The van der Waals surface area contributed by atoms with Crippen LogP contribution >= 0.6 is 11.3 Å². The maximum absolute atomic E-state index is 15.0. The van der Waals surface area contributed by atoms with Crippen molar-refractivity contribution in [2.24, 2.45) is 0 Å². The number of Topliss-reactive ketones (excluding diaryl/α,β-unsaturated/α-hetero) is 1. The summed E-state index contributed by atoms with van der Waals surface area (Å²) in [7, 11) is 0. The highest BCUT2D eigenvalue weighted by molar-refractivity contribution is 7.22. The molecule has 1 aromatic carbocycles. The number of piperazine rings is 1. The number of carbonyl (C=O) groups is 3. The Hall–Kier alpha value is -4.42. The van der Waals surface area contributed by atoms with Gasteiger partial charge in [-0.25, -0.2) is 14.0 Å². The van der Waals surface area contributed by atoms with Crippen LogP contribution in [0.25, 0.3) is 20.8 Å². The van der Waals surface area contributed by atoms with Crippen LogP contribution in [0.1, 0.15) is 36.5 Å². The Balaban J connectivity index is 1.07. The Bertz CT molecular complexity index is 1680. The first kappa shape index (κ1) is 29.6. The fraction of sp³-hybridized carbons (Fsp3) is 0.344. The average Bonchev–Trinajstić information content (AvgIpc) is 3.71. The molecule has 1 aliphatic carbocycles. The maximum atomic E-state index is 15.0. The van der Waals surface area contributed by atoms with Gasteiger partial charge in [0.25, 0.3) is 0 Å². The van der Waals surface area contributed by atoms with Gasteiger partial charge in [-0.2, -0.15) is 0 Å². The predicted molar refractivity (Wildman–Crippen MR) is 168 cm³/mol. The number of fused-ring (bicyclic) bond motifs is 1. The molecule has 3 aromatic heterocycles. The standard InChI is InChI=1S/C32H34FN7O3S/c1-20(41)17-36-32(43)40-12-10-39(11-13-40)19-21-2-7-27(35-18-21)29-16-28-30(44-29)23(8-9-34-28)14-22-3-4-25(15-26(22)33)38-31(42)37-24-5-6-24/h2-4,7-9,15-16,18,24H,5-6,10-14,17,19H2,1H3,(H,36,43)(H2,37,38,42). The lowest BCUT2D eigenvalue weighted by atomic mass is 10.0. The van der Waals surface area contributed by atoms with Crippen LogP contribution in [-0.4, -0.2) is 76.4 Å². The second-order valence-corrected chi connectivity index (χ2v) is 12.4. The summed E-state index contributed by atoms with van der Waals surface area (Å²) in [6.45, 7) is 4.95. The van der Waals surface area contributed by atoms with E-state index in [1.165, 1.54) is 13.0 Å². The number of thiophene rings is 1. The number of pyridine rings is 2. The number of halogens is 1. The summed E-state index contributed by atoms with van der Waals surface area (Å²) in [6, 6.07) is 12.5. The van der Waals surface area contributed by atoms with E-state index in [-0.39, 0.29) is 36.2 Å². The Morgan fingerprint density at radius 2 is 1.82 bits per heavy atom. The lowest BCUT2D eigenvalue weighted by Gasteiger charge is -2.34. The van der Waals surface area contributed by atoms with Crippen molar-refractivity contribution < 1.29 is 18.8 Å². The van der Waals surface area contributed by atoms with Crippen molar-refractivity contribution in [3.05, 3.63) is 77.4 Å². The smallest absolute Gasteiger partial charge is 0.319 e. The number of rotatable bonds is 9. The van der Waals surface area contributed by atoms with Gasteiger partial charge in [0, 0.05) is 63.3 Å². The van der Waals surface area contributed by atoms with Gasteiger partial charge >= 0.3 is 12.1 Å². The highest BCUT2D eigenvalue weighted by Crippen LogP contribution is 2.35. The molecule has 44 heavy (non-hydrogen) atoms. The Labute approximate surface area is 258 Å². The van der Waals surface area contributed by atoms with Gasteiger partial charge in [-0.15, -0.1) is 11.3 Å². The first-order chi connectivity index (χ1) is 21.3. The van der Waals surface area contributed by atoms with E-state index in [4.69, 9.17) is 4.98 Å². The molecule has 4 amide bonds. The molecule has 0 radical (unpaired) electrons. The number of nitrogens with one attached hydrogen (secondary N) is 3. The fourth-order valence-electron chi connectivity index (χ4n) is 5.15. The van der Waals surface area contributed by atoms with Crippen LogP contribution in [0.5, 0.6) is 0 Å². The summed E-state index contributed by atoms with van der Waals surface area (Å²) in [6.07, 6.45) is 6.00. The second kappa shape index (κ2) is 13.1. The summed E-state index contributed by atoms with van der Waals surface area (Å²) < 4.78 is 16.0. The van der Waals surface area contributed by atoms with Gasteiger partial charge < -0.3 is 20.9 Å². The third-order valence-electron chi connectivity index (χ3n) is 7.73. The first-order valence-electron chi connectivity index (χ1n) is 14.7. The summed E-state index contributed by atoms with van der Waals surface area (Å²) in [4.78, 5) is 49.6. The van der Waals surface area contributed by atoms with E-state index in [0.717, 1.165) is 64.4 Å². The van der Waals surface area contributed by atoms with E-state index >= 15 is 4.39 Å². The molecule has 4 heterocycles. The number of amides is 4. The van der Waals surface area contributed by atoms with Crippen molar-refractivity contribution >= 4 is 45.1 Å². The first-order valence-corrected chi connectivity index (χ1v) is 15.6. The van der Waals surface area contributed by atoms with Crippen LogP contribution in [0.4, 0.5) is 19.7 Å². The van der Waals surface area contributed by atoms with Crippen molar-refractivity contribution in [1.82, 2.24) is 30.4 Å². The molecular weight excluding hydrogens is 581 g/mol. The Morgan fingerprint density at radius 1 is 1.00 bits per heavy atom. The summed E-state index contributed by atoms with van der Waals surface area (Å²) in [5.74, 6) is -0.437. The molecule has 0 atom stereocenters. The summed E-state index contributed by atoms with van der Waals surface area (Å²) in [5, 5.41) is 8.19. The molecule has 1 aliphatic heterocycles. The van der Waals surface area contributed by atoms with E-state index in [1.54, 1.807) is 34.6 Å². The normalized spacial score (nSPS) is 15.3. The van der Waals surface area contributed by atoms with Gasteiger partial charge in [0.15, 0.2) is 0 Å². The van der Waals surface area contributed by atoms with E-state index in [1.807, 2.05) is 24.4 Å². The molecule has 1 saturated carbocycles. The molecule has 6 rings (SSSR count). The number of urea groups is 2. The molecule has 2 fully saturated rings. The largest absolute Gasteiger partial charge is 0.335 e. The molecular formula is C32H34FN7O3S. The van der Waals surface area contributed by atoms with Crippen LogP contribution in [0.2, 0.25) is 0 Å². The number of nitrogens with zero attached hydrogens (tertiary/aromatic N) is 4. The number of aromatic nitrogens is 2. The molecule has 1 saturated heterocycles. The van der Waals surface area contributed by atoms with E-state index in [2.05, 4.69) is 31.9 Å². The number of benzene rings is 1. The monoisotopic (exact) mass is 615 g/mol. The van der Waals surface area contributed by atoms with Crippen LogP contribution in [0.3, 0.4) is 0 Å². The minimum absolute atomic E-state index is 0.0566. The molecule has 12 heteroatoms. The zero-order chi connectivity index (χ0) is 30.6. The fourth-order valence-corrected chi connectivity index (χ4v) is 6.26. The summed E-state index contributed by atoms with van der Waals surface area (Å²) >= 11 is 1.59. The number of ketones is 1. The van der Waals surface area contributed by atoms with Crippen LogP contribution in [0, 0.1) is 5.82 Å². The number of carbonyl (C=O) groups excluding carboxylic acids is 3. The molecule has 10 nitrogen and oxygen atoms in total. The molecule has 4 aromatic rings. The second-order valence-electron chi connectivity index (χ2n) is 11.3. The third kappa shape index (κ3) is 7.37. The van der Waals surface area contributed by atoms with Crippen molar-refractivity contribution in [2.75, 3.05) is 38.0 Å². The molecule has 0 unspecified atom stereocenters.